The lowest BCUT2D eigenvalue weighted by Gasteiger charge is -2.27. The summed E-state index contributed by atoms with van der Waals surface area (Å²) in [7, 11) is 0. The van der Waals surface area contributed by atoms with Gasteiger partial charge in [0.2, 0.25) is 5.91 Å². The molecule has 0 spiro atoms. The summed E-state index contributed by atoms with van der Waals surface area (Å²) in [5.74, 6) is 1.50. The Labute approximate surface area is 123 Å². The molecule has 0 radical (unpaired) electrons. The van der Waals surface area contributed by atoms with Crippen LogP contribution in [-0.4, -0.2) is 20.8 Å². The van der Waals surface area contributed by atoms with Gasteiger partial charge in [-0.05, 0) is 34.6 Å². The molecule has 0 fully saturated rings. The third kappa shape index (κ3) is 2.14. The van der Waals surface area contributed by atoms with Crippen LogP contribution in [-0.2, 0) is 10.3 Å². The van der Waals surface area contributed by atoms with E-state index in [2.05, 4.69) is 36.3 Å². The van der Waals surface area contributed by atoms with Crippen LogP contribution in [0.5, 0.6) is 0 Å². The minimum absolute atomic E-state index is 0.00139. The third-order valence-corrected chi connectivity index (χ3v) is 3.89. The highest BCUT2D eigenvalue weighted by atomic mass is 16.5. The molecule has 1 aliphatic rings. The van der Waals surface area contributed by atoms with Crippen LogP contribution < -0.4 is 5.32 Å². The monoisotopic (exact) mass is 288 g/mol. The van der Waals surface area contributed by atoms with Gasteiger partial charge in [0.1, 0.15) is 11.6 Å². The molecule has 1 N–H and O–H groups in total. The van der Waals surface area contributed by atoms with Crippen LogP contribution in [0.2, 0.25) is 0 Å². The second-order valence-corrected chi connectivity index (χ2v) is 6.57. The molecular formula is C15H20N4O2. The van der Waals surface area contributed by atoms with Crippen molar-refractivity contribution in [2.45, 2.75) is 52.5 Å². The molecule has 0 saturated heterocycles. The van der Waals surface area contributed by atoms with Gasteiger partial charge in [0.25, 0.3) is 0 Å². The van der Waals surface area contributed by atoms with Crippen molar-refractivity contribution in [1.82, 2.24) is 14.9 Å². The average Bonchev–Trinajstić information content (AvgIpc) is 2.92. The van der Waals surface area contributed by atoms with E-state index < -0.39 is 0 Å². The van der Waals surface area contributed by atoms with Gasteiger partial charge in [0, 0.05) is 23.5 Å². The molecule has 1 amide bonds. The minimum Gasteiger partial charge on any atom is -0.361 e. The van der Waals surface area contributed by atoms with Gasteiger partial charge < -0.3 is 9.84 Å². The van der Waals surface area contributed by atoms with Gasteiger partial charge in [-0.1, -0.05) is 5.16 Å². The lowest BCUT2D eigenvalue weighted by molar-refractivity contribution is -0.116. The quantitative estimate of drug-likeness (QED) is 0.875. The first-order valence-electron chi connectivity index (χ1n) is 7.10. The van der Waals surface area contributed by atoms with Gasteiger partial charge in [-0.15, -0.1) is 0 Å². The molecule has 112 valence electrons. The number of nitrogens with one attached hydrogen (secondary N) is 1. The summed E-state index contributed by atoms with van der Waals surface area (Å²) in [6, 6.07) is 0. The van der Waals surface area contributed by atoms with Crippen LogP contribution in [0.1, 0.15) is 55.7 Å². The van der Waals surface area contributed by atoms with Crippen LogP contribution in [0.4, 0.5) is 5.82 Å². The van der Waals surface area contributed by atoms with Crippen LogP contribution in [0.15, 0.2) is 10.7 Å². The molecule has 0 bridgehead atoms. The summed E-state index contributed by atoms with van der Waals surface area (Å²) in [6.07, 6.45) is 2.24. The van der Waals surface area contributed by atoms with Crippen LogP contribution in [0, 0.1) is 13.8 Å². The molecule has 6 nitrogen and oxygen atoms in total. The summed E-state index contributed by atoms with van der Waals surface area (Å²) in [6.45, 7) is 9.98. The number of amides is 1. The van der Waals surface area contributed by atoms with E-state index in [0.29, 0.717) is 6.42 Å². The number of hydrogen-bond acceptors (Lipinski definition) is 4. The fraction of sp³-hybridized carbons (Fsp3) is 0.533. The van der Waals surface area contributed by atoms with Crippen molar-refractivity contribution < 1.29 is 9.32 Å². The van der Waals surface area contributed by atoms with Gasteiger partial charge in [-0.25, -0.2) is 4.68 Å². The third-order valence-electron chi connectivity index (χ3n) is 3.89. The maximum atomic E-state index is 12.1. The lowest BCUT2D eigenvalue weighted by atomic mass is 9.86. The zero-order valence-electron chi connectivity index (χ0n) is 13.0. The Morgan fingerprint density at radius 2 is 2.10 bits per heavy atom. The van der Waals surface area contributed by atoms with E-state index in [-0.39, 0.29) is 17.4 Å². The Balaban J connectivity index is 2.16. The number of rotatable bonds is 1. The summed E-state index contributed by atoms with van der Waals surface area (Å²) < 4.78 is 7.13. The zero-order chi connectivity index (χ0) is 15.4. The Morgan fingerprint density at radius 3 is 2.67 bits per heavy atom. The van der Waals surface area contributed by atoms with Gasteiger partial charge in [0.05, 0.1) is 17.4 Å². The number of fused-ring (bicyclic) bond motifs is 1. The highest BCUT2D eigenvalue weighted by molar-refractivity contribution is 5.94. The normalized spacial score (nSPS) is 18.5. The molecule has 0 saturated carbocycles. The molecule has 1 atom stereocenters. The average molecular weight is 288 g/mol. The predicted octanol–water partition coefficient (Wildman–Crippen LogP) is 2.72. The summed E-state index contributed by atoms with van der Waals surface area (Å²) in [4.78, 5) is 12.1. The van der Waals surface area contributed by atoms with E-state index in [9.17, 15) is 4.79 Å². The van der Waals surface area contributed by atoms with Crippen LogP contribution in [0.25, 0.3) is 0 Å². The van der Waals surface area contributed by atoms with Crippen molar-refractivity contribution in [2.24, 2.45) is 0 Å². The number of nitrogens with zero attached hydrogens (tertiary/aromatic N) is 3. The van der Waals surface area contributed by atoms with Gasteiger partial charge >= 0.3 is 0 Å². The van der Waals surface area contributed by atoms with Crippen molar-refractivity contribution in [3.63, 3.8) is 0 Å². The summed E-state index contributed by atoms with van der Waals surface area (Å²) in [5.41, 5.74) is 2.67. The predicted molar refractivity (Wildman–Crippen MR) is 78.3 cm³/mol. The molecule has 0 aliphatic carbocycles. The number of carbonyl (C=O) groups is 1. The lowest BCUT2D eigenvalue weighted by Crippen LogP contribution is -2.30. The Kier molecular flexibility index (Phi) is 2.93. The largest absolute Gasteiger partial charge is 0.361 e. The second-order valence-electron chi connectivity index (χ2n) is 6.57. The minimum atomic E-state index is -0.193. The maximum absolute atomic E-state index is 12.1. The number of aromatic nitrogens is 3. The first kappa shape index (κ1) is 13.9. The molecule has 21 heavy (non-hydrogen) atoms. The molecule has 2 aromatic heterocycles. The van der Waals surface area contributed by atoms with Gasteiger partial charge in [-0.3, -0.25) is 4.79 Å². The number of anilines is 1. The van der Waals surface area contributed by atoms with E-state index in [1.165, 1.54) is 0 Å². The zero-order valence-corrected chi connectivity index (χ0v) is 13.0. The first-order valence-corrected chi connectivity index (χ1v) is 7.10. The molecule has 2 aromatic rings. The van der Waals surface area contributed by atoms with Crippen LogP contribution in [0.3, 0.4) is 0 Å². The van der Waals surface area contributed by atoms with E-state index in [1.807, 2.05) is 24.7 Å². The summed E-state index contributed by atoms with van der Waals surface area (Å²) in [5, 5.41) is 11.4. The SMILES string of the molecule is Cc1noc(C)c1C1CC(=O)Nc2c1cnn2C(C)(C)C. The van der Waals surface area contributed by atoms with Crippen molar-refractivity contribution >= 4 is 11.7 Å². The highest BCUT2D eigenvalue weighted by Gasteiger charge is 2.35. The second kappa shape index (κ2) is 4.44. The fourth-order valence-corrected chi connectivity index (χ4v) is 2.97. The molecular weight excluding hydrogens is 268 g/mol. The number of carbonyl (C=O) groups excluding carboxylic acids is 1. The smallest absolute Gasteiger partial charge is 0.226 e. The van der Waals surface area contributed by atoms with Gasteiger partial charge in [0.15, 0.2) is 0 Å². The van der Waals surface area contributed by atoms with E-state index in [0.717, 1.165) is 28.4 Å². The Morgan fingerprint density at radius 1 is 1.38 bits per heavy atom. The molecule has 1 aliphatic heterocycles. The Bertz CT molecular complexity index is 686. The standard InChI is InChI=1S/C15H20N4O2/c1-8-13(9(2)21-18-8)10-6-12(20)17-14-11(10)7-16-19(14)15(3,4)5/h7,10H,6H2,1-5H3,(H,17,20). The van der Waals surface area contributed by atoms with E-state index in [1.54, 1.807) is 0 Å². The van der Waals surface area contributed by atoms with Crippen molar-refractivity contribution in [3.05, 3.63) is 28.8 Å². The van der Waals surface area contributed by atoms with Crippen molar-refractivity contribution in [1.29, 1.82) is 0 Å². The topological polar surface area (TPSA) is 73.0 Å². The fourth-order valence-electron chi connectivity index (χ4n) is 2.97. The molecule has 3 rings (SSSR count). The first-order chi connectivity index (χ1) is 9.79. The van der Waals surface area contributed by atoms with Crippen LogP contribution >= 0.6 is 0 Å². The number of aryl methyl sites for hydroxylation is 2. The molecule has 3 heterocycles. The van der Waals surface area contributed by atoms with E-state index >= 15 is 0 Å². The highest BCUT2D eigenvalue weighted by Crippen LogP contribution is 2.40. The van der Waals surface area contributed by atoms with Gasteiger partial charge in [-0.2, -0.15) is 5.10 Å². The molecule has 1 unspecified atom stereocenters. The van der Waals surface area contributed by atoms with Crippen molar-refractivity contribution in [2.75, 3.05) is 5.32 Å². The number of hydrogen-bond donors (Lipinski definition) is 1. The Hall–Kier alpha value is -2.11. The maximum Gasteiger partial charge on any atom is 0.226 e. The molecule has 6 heteroatoms. The molecule has 0 aromatic carbocycles. The summed E-state index contributed by atoms with van der Waals surface area (Å²) >= 11 is 0. The van der Waals surface area contributed by atoms with E-state index in [4.69, 9.17) is 4.52 Å². The van der Waals surface area contributed by atoms with Crippen molar-refractivity contribution in [3.8, 4) is 0 Å².